The van der Waals surface area contributed by atoms with Gasteiger partial charge in [-0.1, -0.05) is 42.5 Å². The topological polar surface area (TPSA) is 72.9 Å². The highest BCUT2D eigenvalue weighted by atomic mass is 16.5. The molecule has 1 heterocycles. The predicted octanol–water partition coefficient (Wildman–Crippen LogP) is 4.21. The zero-order valence-electron chi connectivity index (χ0n) is 16.3. The number of amides is 2. The van der Waals surface area contributed by atoms with Gasteiger partial charge in [0.25, 0.3) is 11.8 Å². The van der Waals surface area contributed by atoms with Crippen molar-refractivity contribution in [2.75, 3.05) is 0 Å². The standard InChI is InChI=1S/C24H19NO5/c1-16(25-22(26)20-12-5-6-13-21(20)23(25)27)24(28)29-15-17-8-7-11-19(14-17)30-18-9-3-2-4-10-18/h2-14,16H,15H2,1H3. The van der Waals surface area contributed by atoms with E-state index in [1.165, 1.54) is 6.92 Å². The van der Waals surface area contributed by atoms with E-state index < -0.39 is 23.8 Å². The van der Waals surface area contributed by atoms with Crippen molar-refractivity contribution in [3.8, 4) is 11.5 Å². The first-order valence-corrected chi connectivity index (χ1v) is 9.50. The molecule has 3 aromatic carbocycles. The minimum Gasteiger partial charge on any atom is -0.459 e. The van der Waals surface area contributed by atoms with Crippen LogP contribution in [0.2, 0.25) is 0 Å². The average molecular weight is 401 g/mol. The molecule has 0 aromatic heterocycles. The number of para-hydroxylation sites is 1. The van der Waals surface area contributed by atoms with E-state index in [0.29, 0.717) is 22.6 Å². The molecule has 0 radical (unpaired) electrons. The number of fused-ring (bicyclic) bond motifs is 1. The zero-order valence-corrected chi connectivity index (χ0v) is 16.3. The Kier molecular flexibility index (Phi) is 5.30. The summed E-state index contributed by atoms with van der Waals surface area (Å²) in [4.78, 5) is 38.5. The lowest BCUT2D eigenvalue weighted by atomic mass is 10.1. The van der Waals surface area contributed by atoms with Crippen molar-refractivity contribution in [1.29, 1.82) is 0 Å². The van der Waals surface area contributed by atoms with Gasteiger partial charge < -0.3 is 9.47 Å². The van der Waals surface area contributed by atoms with Crippen molar-refractivity contribution in [2.45, 2.75) is 19.6 Å². The van der Waals surface area contributed by atoms with Crippen LogP contribution < -0.4 is 4.74 Å². The molecular formula is C24H19NO5. The number of carbonyl (C=O) groups excluding carboxylic acids is 3. The third kappa shape index (κ3) is 3.80. The van der Waals surface area contributed by atoms with Crippen LogP contribution >= 0.6 is 0 Å². The van der Waals surface area contributed by atoms with Crippen LogP contribution in [0.3, 0.4) is 0 Å². The molecule has 0 N–H and O–H groups in total. The van der Waals surface area contributed by atoms with Crippen molar-refractivity contribution < 1.29 is 23.9 Å². The molecule has 0 saturated carbocycles. The Morgan fingerprint density at radius 3 is 2.10 bits per heavy atom. The van der Waals surface area contributed by atoms with E-state index in [9.17, 15) is 14.4 Å². The number of carbonyl (C=O) groups is 3. The van der Waals surface area contributed by atoms with Crippen molar-refractivity contribution in [3.05, 3.63) is 95.6 Å². The molecule has 0 bridgehead atoms. The fourth-order valence-corrected chi connectivity index (χ4v) is 3.26. The Labute approximate surface area is 173 Å². The molecule has 0 saturated heterocycles. The molecule has 1 atom stereocenters. The van der Waals surface area contributed by atoms with Crippen molar-refractivity contribution >= 4 is 17.8 Å². The van der Waals surface area contributed by atoms with Crippen molar-refractivity contribution in [1.82, 2.24) is 4.90 Å². The van der Waals surface area contributed by atoms with Gasteiger partial charge in [0.05, 0.1) is 11.1 Å². The number of rotatable bonds is 6. The Morgan fingerprint density at radius 1 is 0.833 bits per heavy atom. The summed E-state index contributed by atoms with van der Waals surface area (Å²) in [7, 11) is 0. The van der Waals surface area contributed by atoms with Gasteiger partial charge >= 0.3 is 5.97 Å². The Balaban J connectivity index is 1.40. The van der Waals surface area contributed by atoms with E-state index in [2.05, 4.69) is 0 Å². The molecule has 1 unspecified atom stereocenters. The molecule has 1 aliphatic heterocycles. The highest BCUT2D eigenvalue weighted by Gasteiger charge is 2.41. The van der Waals surface area contributed by atoms with Crippen LogP contribution in [0, 0.1) is 0 Å². The number of hydrogen-bond acceptors (Lipinski definition) is 5. The molecule has 6 heteroatoms. The van der Waals surface area contributed by atoms with Gasteiger partial charge in [-0.25, -0.2) is 4.79 Å². The fourth-order valence-electron chi connectivity index (χ4n) is 3.26. The van der Waals surface area contributed by atoms with Crippen LogP contribution in [0.15, 0.2) is 78.9 Å². The summed E-state index contributed by atoms with van der Waals surface area (Å²) in [5.41, 5.74) is 1.33. The molecule has 0 fully saturated rings. The Hall–Kier alpha value is -3.93. The lowest BCUT2D eigenvalue weighted by molar-refractivity contribution is -0.149. The van der Waals surface area contributed by atoms with Gasteiger partial charge in [0.2, 0.25) is 0 Å². The van der Waals surface area contributed by atoms with E-state index in [4.69, 9.17) is 9.47 Å². The molecule has 2 amide bonds. The van der Waals surface area contributed by atoms with E-state index in [1.807, 2.05) is 30.3 Å². The Bertz CT molecular complexity index is 1070. The van der Waals surface area contributed by atoms with Gasteiger partial charge in [-0.15, -0.1) is 0 Å². The lowest BCUT2D eigenvalue weighted by Crippen LogP contribution is -2.43. The molecule has 6 nitrogen and oxygen atoms in total. The van der Waals surface area contributed by atoms with E-state index in [1.54, 1.807) is 48.5 Å². The average Bonchev–Trinajstić information content (AvgIpc) is 3.03. The Morgan fingerprint density at radius 2 is 1.43 bits per heavy atom. The van der Waals surface area contributed by atoms with Gasteiger partial charge in [-0.3, -0.25) is 14.5 Å². The summed E-state index contributed by atoms with van der Waals surface area (Å²) < 4.78 is 11.1. The van der Waals surface area contributed by atoms with E-state index >= 15 is 0 Å². The summed E-state index contributed by atoms with van der Waals surface area (Å²) in [5, 5.41) is 0. The van der Waals surface area contributed by atoms with Crippen LogP contribution in [0.25, 0.3) is 0 Å². The quantitative estimate of drug-likeness (QED) is 0.457. The van der Waals surface area contributed by atoms with Gasteiger partial charge in [-0.05, 0) is 48.9 Å². The first kappa shape index (κ1) is 19.4. The summed E-state index contributed by atoms with van der Waals surface area (Å²) >= 11 is 0. The molecule has 30 heavy (non-hydrogen) atoms. The SMILES string of the molecule is CC(C(=O)OCc1cccc(Oc2ccccc2)c1)N1C(=O)c2ccccc2C1=O. The maximum atomic E-state index is 12.5. The lowest BCUT2D eigenvalue weighted by Gasteiger charge is -2.21. The fraction of sp³-hybridized carbons (Fsp3) is 0.125. The second kappa shape index (κ2) is 8.21. The molecule has 1 aliphatic rings. The molecule has 4 rings (SSSR count). The number of benzene rings is 3. The predicted molar refractivity (Wildman–Crippen MR) is 109 cm³/mol. The molecule has 150 valence electrons. The molecule has 0 spiro atoms. The largest absolute Gasteiger partial charge is 0.459 e. The highest BCUT2D eigenvalue weighted by molar-refractivity contribution is 6.22. The molecular weight excluding hydrogens is 382 g/mol. The first-order valence-electron chi connectivity index (χ1n) is 9.50. The number of hydrogen-bond donors (Lipinski definition) is 0. The van der Waals surface area contributed by atoms with E-state index in [0.717, 1.165) is 10.5 Å². The third-order valence-corrected chi connectivity index (χ3v) is 4.81. The summed E-state index contributed by atoms with van der Waals surface area (Å²) in [6.45, 7) is 1.48. The summed E-state index contributed by atoms with van der Waals surface area (Å²) in [6.07, 6.45) is 0. The van der Waals surface area contributed by atoms with Crippen LogP contribution in [0.4, 0.5) is 0 Å². The summed E-state index contributed by atoms with van der Waals surface area (Å²) in [6, 6.07) is 22.0. The second-order valence-electron chi connectivity index (χ2n) is 6.87. The van der Waals surface area contributed by atoms with E-state index in [-0.39, 0.29) is 6.61 Å². The minimum atomic E-state index is -1.03. The van der Waals surface area contributed by atoms with Crippen LogP contribution in [0.5, 0.6) is 11.5 Å². The number of esters is 1. The van der Waals surface area contributed by atoms with Gasteiger partial charge in [0.15, 0.2) is 0 Å². The number of imide groups is 1. The first-order chi connectivity index (χ1) is 14.5. The normalized spacial score (nSPS) is 13.7. The third-order valence-electron chi connectivity index (χ3n) is 4.81. The zero-order chi connectivity index (χ0) is 21.1. The van der Waals surface area contributed by atoms with Gasteiger partial charge in [0, 0.05) is 0 Å². The van der Waals surface area contributed by atoms with Crippen LogP contribution in [-0.4, -0.2) is 28.7 Å². The van der Waals surface area contributed by atoms with Crippen molar-refractivity contribution in [2.24, 2.45) is 0 Å². The van der Waals surface area contributed by atoms with Gasteiger partial charge in [-0.2, -0.15) is 0 Å². The van der Waals surface area contributed by atoms with Crippen LogP contribution in [0.1, 0.15) is 33.2 Å². The highest BCUT2D eigenvalue weighted by Crippen LogP contribution is 2.25. The second-order valence-corrected chi connectivity index (χ2v) is 6.87. The maximum Gasteiger partial charge on any atom is 0.329 e. The van der Waals surface area contributed by atoms with Gasteiger partial charge in [0.1, 0.15) is 24.1 Å². The smallest absolute Gasteiger partial charge is 0.329 e. The van der Waals surface area contributed by atoms with Crippen molar-refractivity contribution in [3.63, 3.8) is 0 Å². The molecule has 3 aromatic rings. The maximum absolute atomic E-state index is 12.5. The number of ether oxygens (including phenoxy) is 2. The molecule has 0 aliphatic carbocycles. The van der Waals surface area contributed by atoms with Crippen LogP contribution in [-0.2, 0) is 16.1 Å². The number of nitrogens with zero attached hydrogens (tertiary/aromatic N) is 1. The minimum absolute atomic E-state index is 0.00165. The monoisotopic (exact) mass is 401 g/mol. The summed E-state index contributed by atoms with van der Waals surface area (Å²) in [5.74, 6) is -0.315.